The van der Waals surface area contributed by atoms with Crippen LogP contribution in [-0.4, -0.2) is 37.6 Å². The van der Waals surface area contributed by atoms with Gasteiger partial charge in [0.25, 0.3) is 0 Å². The predicted molar refractivity (Wildman–Crippen MR) is 142 cm³/mol. The Bertz CT molecular complexity index is 1570. The van der Waals surface area contributed by atoms with E-state index in [1.807, 2.05) is 0 Å². The van der Waals surface area contributed by atoms with Crippen molar-refractivity contribution in [3.63, 3.8) is 0 Å². The lowest BCUT2D eigenvalue weighted by Gasteiger charge is -2.19. The molecule has 3 heterocycles. The molecule has 10 nitrogen and oxygen atoms in total. The molecule has 4 aromatic rings. The number of aromatic nitrogens is 4. The van der Waals surface area contributed by atoms with Crippen LogP contribution >= 0.6 is 11.6 Å². The van der Waals surface area contributed by atoms with Crippen LogP contribution in [0.15, 0.2) is 76.4 Å². The van der Waals surface area contributed by atoms with Gasteiger partial charge in [-0.3, -0.25) is 4.57 Å². The largest absolute Gasteiger partial charge is 0.439 e. The van der Waals surface area contributed by atoms with Crippen LogP contribution in [0, 0.1) is 5.82 Å². The molecule has 2 aromatic carbocycles. The summed E-state index contributed by atoms with van der Waals surface area (Å²) in [5.41, 5.74) is 0.0693. The summed E-state index contributed by atoms with van der Waals surface area (Å²) in [7, 11) is 0. The summed E-state index contributed by atoms with van der Waals surface area (Å²) < 4.78 is 32.5. The van der Waals surface area contributed by atoms with E-state index in [0.29, 0.717) is 16.5 Å². The van der Waals surface area contributed by atoms with Crippen LogP contribution in [0.4, 0.5) is 16.0 Å². The first-order chi connectivity index (χ1) is 18.6. The molecule has 0 spiro atoms. The summed E-state index contributed by atoms with van der Waals surface area (Å²) in [6.45, 7) is 3.92. The minimum atomic E-state index is -0.797. The molecule has 39 heavy (non-hydrogen) atoms. The quantitative estimate of drug-likeness (QED) is 0.343. The molecule has 0 amide bonds. The molecule has 1 saturated heterocycles. The van der Waals surface area contributed by atoms with E-state index in [9.17, 15) is 14.0 Å². The Hall–Kier alpha value is -4.06. The van der Waals surface area contributed by atoms with Crippen molar-refractivity contribution in [1.82, 2.24) is 19.1 Å². The van der Waals surface area contributed by atoms with Crippen molar-refractivity contribution in [1.29, 1.82) is 0 Å². The van der Waals surface area contributed by atoms with E-state index in [1.165, 1.54) is 16.7 Å². The van der Waals surface area contributed by atoms with Crippen molar-refractivity contribution in [3.05, 3.63) is 104 Å². The maximum atomic E-state index is 13.6. The van der Waals surface area contributed by atoms with Gasteiger partial charge in [0.1, 0.15) is 17.7 Å². The van der Waals surface area contributed by atoms with E-state index in [0.717, 1.165) is 16.3 Å². The zero-order chi connectivity index (χ0) is 27.6. The van der Waals surface area contributed by atoms with Gasteiger partial charge in [-0.05, 0) is 61.9 Å². The molecule has 0 bridgehead atoms. The van der Waals surface area contributed by atoms with Gasteiger partial charge < -0.3 is 19.5 Å². The molecule has 1 aliphatic rings. The summed E-state index contributed by atoms with van der Waals surface area (Å²) in [5, 5.41) is 3.62. The molecule has 2 aromatic heterocycles. The summed E-state index contributed by atoms with van der Waals surface area (Å²) in [4.78, 5) is 34.6. The molecule has 12 heteroatoms. The number of nitrogens with one attached hydrogen (secondary N) is 1. The van der Waals surface area contributed by atoms with E-state index in [-0.39, 0.29) is 31.5 Å². The Labute approximate surface area is 227 Å². The molecule has 0 radical (unpaired) electrons. The fraction of sp³-hybridized carbons (Fsp3) is 0.259. The van der Waals surface area contributed by atoms with E-state index in [4.69, 9.17) is 25.8 Å². The number of ether oxygens (including phenoxy) is 3. The van der Waals surface area contributed by atoms with Crippen LogP contribution in [0.2, 0.25) is 5.02 Å². The van der Waals surface area contributed by atoms with E-state index in [2.05, 4.69) is 15.3 Å². The summed E-state index contributed by atoms with van der Waals surface area (Å²) in [5.74, 6) is -0.501. The number of hydrogen-bond acceptors (Lipinski definition) is 8. The third-order valence-corrected chi connectivity index (χ3v) is 6.14. The fourth-order valence-electron chi connectivity index (χ4n) is 4.03. The second-order valence-corrected chi connectivity index (χ2v) is 9.78. The minimum Gasteiger partial charge on any atom is -0.439 e. The Morgan fingerprint density at radius 1 is 1.08 bits per heavy atom. The maximum Gasteiger partial charge on any atom is 0.355 e. The first-order valence-corrected chi connectivity index (χ1v) is 12.5. The lowest BCUT2D eigenvalue weighted by atomic mass is 10.2. The molecule has 1 atom stereocenters. The van der Waals surface area contributed by atoms with Gasteiger partial charge in [0.15, 0.2) is 5.79 Å². The third-order valence-electron chi connectivity index (χ3n) is 5.89. The van der Waals surface area contributed by atoms with Gasteiger partial charge in [0.05, 0.1) is 25.9 Å². The molecule has 202 valence electrons. The second-order valence-electron chi connectivity index (χ2n) is 9.34. The van der Waals surface area contributed by atoms with Crippen molar-refractivity contribution in [2.75, 3.05) is 11.9 Å². The Morgan fingerprint density at radius 3 is 2.46 bits per heavy atom. The number of anilines is 2. The fourth-order valence-corrected chi connectivity index (χ4v) is 4.16. The predicted octanol–water partition coefficient (Wildman–Crippen LogP) is 4.33. The van der Waals surface area contributed by atoms with Gasteiger partial charge in [-0.15, -0.1) is 0 Å². The molecule has 0 saturated carbocycles. The van der Waals surface area contributed by atoms with Gasteiger partial charge in [0, 0.05) is 16.8 Å². The highest BCUT2D eigenvalue weighted by molar-refractivity contribution is 6.30. The van der Waals surface area contributed by atoms with Crippen LogP contribution in [0.25, 0.3) is 0 Å². The number of rotatable bonds is 8. The second kappa shape index (κ2) is 11.0. The molecule has 1 N–H and O–H groups in total. The van der Waals surface area contributed by atoms with E-state index in [1.54, 1.807) is 62.4 Å². The lowest BCUT2D eigenvalue weighted by Crippen LogP contribution is -2.45. The monoisotopic (exact) mass is 553 g/mol. The van der Waals surface area contributed by atoms with Gasteiger partial charge in [-0.2, -0.15) is 4.98 Å². The Kier molecular flexibility index (Phi) is 7.47. The van der Waals surface area contributed by atoms with Gasteiger partial charge in [-0.25, -0.2) is 23.5 Å². The topological polar surface area (TPSA) is 110 Å². The smallest absolute Gasteiger partial charge is 0.355 e. The number of hydrogen-bond donors (Lipinski definition) is 1. The van der Waals surface area contributed by atoms with Gasteiger partial charge in [0.2, 0.25) is 11.8 Å². The number of nitrogens with zero attached hydrogens (tertiary/aromatic N) is 4. The summed E-state index contributed by atoms with van der Waals surface area (Å²) >= 11 is 6.02. The van der Waals surface area contributed by atoms with Crippen molar-refractivity contribution < 1.29 is 18.6 Å². The first-order valence-electron chi connectivity index (χ1n) is 12.1. The summed E-state index contributed by atoms with van der Waals surface area (Å²) in [6, 6.07) is 16.4. The molecular formula is C27H25ClFN5O5. The van der Waals surface area contributed by atoms with Crippen molar-refractivity contribution in [3.8, 4) is 11.6 Å². The molecule has 0 aliphatic carbocycles. The number of halogens is 2. The zero-order valence-corrected chi connectivity index (χ0v) is 21.9. The van der Waals surface area contributed by atoms with Crippen molar-refractivity contribution in [2.24, 2.45) is 0 Å². The maximum absolute atomic E-state index is 13.6. The average molecular weight is 554 g/mol. The highest BCUT2D eigenvalue weighted by Crippen LogP contribution is 2.24. The Balaban J connectivity index is 1.43. The van der Waals surface area contributed by atoms with E-state index >= 15 is 0 Å². The van der Waals surface area contributed by atoms with Crippen LogP contribution in [0.1, 0.15) is 19.4 Å². The summed E-state index contributed by atoms with van der Waals surface area (Å²) in [6.07, 6.45) is 0.587. The normalized spacial score (nSPS) is 16.3. The van der Waals surface area contributed by atoms with Crippen molar-refractivity contribution in [2.45, 2.75) is 38.8 Å². The van der Waals surface area contributed by atoms with Crippen LogP contribution in [-0.2, 0) is 22.6 Å². The third kappa shape index (κ3) is 6.51. The van der Waals surface area contributed by atoms with Crippen LogP contribution in [0.3, 0.4) is 0 Å². The molecule has 5 rings (SSSR count). The van der Waals surface area contributed by atoms with E-state index < -0.39 is 29.1 Å². The van der Waals surface area contributed by atoms with Crippen molar-refractivity contribution >= 4 is 23.2 Å². The first kappa shape index (κ1) is 26.5. The molecule has 0 unspecified atom stereocenters. The van der Waals surface area contributed by atoms with Gasteiger partial charge in [-0.1, -0.05) is 23.7 Å². The molecular weight excluding hydrogens is 529 g/mol. The molecule has 1 fully saturated rings. The number of pyridine rings is 1. The lowest BCUT2D eigenvalue weighted by molar-refractivity contribution is -0.139. The molecule has 1 aliphatic heterocycles. The minimum absolute atomic E-state index is 0.00154. The SMILES string of the molecule is CC1(C)OC[C@H](Cn2c(=O)nc(Nc3ccc(Oc4ccc(F)cn4)cc3)n(Cc3ccc(Cl)cc3)c2=O)O1. The highest BCUT2D eigenvalue weighted by atomic mass is 35.5. The Morgan fingerprint density at radius 2 is 1.82 bits per heavy atom. The van der Waals surface area contributed by atoms with Crippen LogP contribution < -0.4 is 21.4 Å². The highest BCUT2D eigenvalue weighted by Gasteiger charge is 2.33. The average Bonchev–Trinajstić information content (AvgIpc) is 3.26. The standard InChI is InChI=1S/C27H25ClFN5O5/c1-27(2)37-16-22(39-27)15-34-25(35)32-24(33(26(34)36)14-17-3-5-18(28)6-4-17)31-20-8-10-21(11-9-20)38-23-12-7-19(29)13-30-23/h3-13,22H,14-16H2,1-2H3,(H,31,32,35)/t22-/m0/s1. The van der Waals surface area contributed by atoms with Crippen LogP contribution in [0.5, 0.6) is 11.6 Å². The zero-order valence-electron chi connectivity index (χ0n) is 21.1. The number of benzene rings is 2. The van der Waals surface area contributed by atoms with Gasteiger partial charge >= 0.3 is 11.4 Å².